The highest BCUT2D eigenvalue weighted by molar-refractivity contribution is 14.1. The summed E-state index contributed by atoms with van der Waals surface area (Å²) < 4.78 is 54.8. The lowest BCUT2D eigenvalue weighted by atomic mass is 9.93. The van der Waals surface area contributed by atoms with E-state index in [9.17, 15) is 5.11 Å². The van der Waals surface area contributed by atoms with Crippen LogP contribution in [0.15, 0.2) is 30.3 Å². The zero-order chi connectivity index (χ0) is 32.5. The SMILES string of the molecule is COCO[C@@H]1CC(C(I)C[C@H](O)[C@H]2CC[C@@H]([C@H]3CC[C@H]([C@@H]4CCCC5(OCCO5)O4)O3)O2)O[C@@H](CCCCOCc2ccccc2)C1. The molecule has 5 aliphatic rings. The first-order valence-electron chi connectivity index (χ1n) is 18.0. The van der Waals surface area contributed by atoms with Crippen LogP contribution in [-0.2, 0) is 49.2 Å². The minimum Gasteiger partial charge on any atom is -0.390 e. The van der Waals surface area contributed by atoms with Crippen molar-refractivity contribution in [3.63, 3.8) is 0 Å². The van der Waals surface area contributed by atoms with E-state index in [0.717, 1.165) is 83.7 Å². The molecule has 1 spiro atoms. The number of aliphatic hydroxyl groups excluding tert-OH is 1. The summed E-state index contributed by atoms with van der Waals surface area (Å²) in [7, 11) is 1.66. The Morgan fingerprint density at radius 2 is 1.66 bits per heavy atom. The van der Waals surface area contributed by atoms with E-state index in [4.69, 9.17) is 42.6 Å². The quantitative estimate of drug-likeness (QED) is 0.0956. The summed E-state index contributed by atoms with van der Waals surface area (Å²) in [5.41, 5.74) is 1.20. The lowest BCUT2D eigenvalue weighted by Crippen LogP contribution is -2.46. The van der Waals surface area contributed by atoms with E-state index in [0.29, 0.717) is 26.2 Å². The number of methoxy groups -OCH3 is 1. The fourth-order valence-corrected chi connectivity index (χ4v) is 8.85. The molecular weight excluding hydrogens is 719 g/mol. The summed E-state index contributed by atoms with van der Waals surface area (Å²) >= 11 is 2.46. The van der Waals surface area contributed by atoms with Crippen LogP contribution in [-0.4, -0.2) is 104 Å². The molecule has 0 aromatic heterocycles. The second-order valence-corrected chi connectivity index (χ2v) is 15.4. The van der Waals surface area contributed by atoms with Gasteiger partial charge in [-0.15, -0.1) is 0 Å². The molecule has 5 saturated heterocycles. The average molecular weight is 775 g/mol. The Morgan fingerprint density at radius 3 is 2.47 bits per heavy atom. The molecule has 10 nitrogen and oxygen atoms in total. The molecule has 5 aliphatic heterocycles. The van der Waals surface area contributed by atoms with E-state index in [1.807, 2.05) is 18.2 Å². The van der Waals surface area contributed by atoms with Crippen LogP contribution in [0.2, 0.25) is 0 Å². The maximum Gasteiger partial charge on any atom is 0.283 e. The van der Waals surface area contributed by atoms with Gasteiger partial charge in [0, 0.05) is 30.5 Å². The smallest absolute Gasteiger partial charge is 0.283 e. The molecule has 11 heteroatoms. The largest absolute Gasteiger partial charge is 0.390 e. The van der Waals surface area contributed by atoms with Gasteiger partial charge in [-0.3, -0.25) is 0 Å². The van der Waals surface area contributed by atoms with E-state index < -0.39 is 12.1 Å². The first-order chi connectivity index (χ1) is 23.0. The van der Waals surface area contributed by atoms with E-state index in [1.165, 1.54) is 5.56 Å². The van der Waals surface area contributed by atoms with Crippen molar-refractivity contribution in [2.45, 2.75) is 155 Å². The molecule has 266 valence electrons. The number of aliphatic hydroxyl groups is 1. The van der Waals surface area contributed by atoms with Gasteiger partial charge in [0.05, 0.1) is 74.8 Å². The van der Waals surface area contributed by atoms with Crippen LogP contribution < -0.4 is 0 Å². The maximum atomic E-state index is 11.3. The predicted molar refractivity (Wildman–Crippen MR) is 182 cm³/mol. The van der Waals surface area contributed by atoms with E-state index in [2.05, 4.69) is 34.7 Å². The molecule has 5 heterocycles. The third-order valence-electron chi connectivity index (χ3n) is 10.3. The van der Waals surface area contributed by atoms with Crippen LogP contribution in [0.5, 0.6) is 0 Å². The number of rotatable bonds is 16. The van der Waals surface area contributed by atoms with Crippen LogP contribution in [0, 0.1) is 0 Å². The third kappa shape index (κ3) is 10.3. The second-order valence-electron chi connectivity index (χ2n) is 13.8. The van der Waals surface area contributed by atoms with Crippen LogP contribution in [0.1, 0.15) is 89.0 Å². The van der Waals surface area contributed by atoms with Crippen LogP contribution >= 0.6 is 22.6 Å². The standard InChI is InChI=1S/C36H55IO10/c1-39-24-41-27-20-26(10-5-6-17-40-23-25-8-3-2-4-9-25)44-35(21-27)28(37)22-29(38)30-12-13-31(45-30)32-14-15-33(46-32)34-11-7-16-36(47-34)42-18-19-43-36/h2-4,8-9,26-35,38H,5-7,10-24H2,1H3/t26-,27-,28?,29-,30+,31-,32+,33+,34-,35?/m0/s1. The van der Waals surface area contributed by atoms with E-state index in [1.54, 1.807) is 7.11 Å². The minimum atomic E-state index is -0.866. The maximum absolute atomic E-state index is 11.3. The molecule has 0 bridgehead atoms. The van der Waals surface area contributed by atoms with Crippen molar-refractivity contribution in [2.75, 3.05) is 33.7 Å². The molecule has 6 rings (SSSR count). The Hall–Kier alpha value is -0.450. The second kappa shape index (κ2) is 18.2. The van der Waals surface area contributed by atoms with Crippen molar-refractivity contribution < 1.29 is 47.7 Å². The Bertz CT molecular complexity index is 1040. The van der Waals surface area contributed by atoms with E-state index in [-0.39, 0.29) is 59.5 Å². The molecule has 0 radical (unpaired) electrons. The van der Waals surface area contributed by atoms with Gasteiger partial charge in [0.1, 0.15) is 6.79 Å². The number of unbranched alkanes of at least 4 members (excludes halogenated alkanes) is 1. The van der Waals surface area contributed by atoms with E-state index >= 15 is 0 Å². The summed E-state index contributed by atoms with van der Waals surface area (Å²) in [6, 6.07) is 10.3. The molecule has 0 saturated carbocycles. The molecular formula is C36H55IO10. The van der Waals surface area contributed by atoms with Crippen LogP contribution in [0.25, 0.3) is 0 Å². The Morgan fingerprint density at radius 1 is 0.894 bits per heavy atom. The zero-order valence-electron chi connectivity index (χ0n) is 27.9. The third-order valence-corrected chi connectivity index (χ3v) is 11.6. The van der Waals surface area contributed by atoms with Crippen LogP contribution in [0.4, 0.5) is 0 Å². The monoisotopic (exact) mass is 774 g/mol. The summed E-state index contributed by atoms with van der Waals surface area (Å²) in [6.45, 7) is 2.84. The normalized spacial score (nSPS) is 35.4. The Kier molecular flexibility index (Phi) is 14.0. The lowest BCUT2D eigenvalue weighted by Gasteiger charge is -2.38. The molecule has 0 amide bonds. The van der Waals surface area contributed by atoms with Crippen molar-refractivity contribution in [1.82, 2.24) is 0 Å². The molecule has 1 aromatic carbocycles. The van der Waals surface area contributed by atoms with Crippen LogP contribution in [0.3, 0.4) is 0 Å². The van der Waals surface area contributed by atoms with Crippen molar-refractivity contribution in [3.8, 4) is 0 Å². The molecule has 5 fully saturated rings. The van der Waals surface area contributed by atoms with Gasteiger partial charge in [-0.25, -0.2) is 0 Å². The van der Waals surface area contributed by atoms with Gasteiger partial charge in [0.2, 0.25) is 0 Å². The number of halogens is 1. The van der Waals surface area contributed by atoms with Crippen molar-refractivity contribution >= 4 is 22.6 Å². The summed E-state index contributed by atoms with van der Waals surface area (Å²) in [6.07, 6.45) is 11.2. The predicted octanol–water partition coefficient (Wildman–Crippen LogP) is 5.83. The molecule has 10 atom stereocenters. The van der Waals surface area contributed by atoms with Gasteiger partial charge in [0.25, 0.3) is 5.97 Å². The van der Waals surface area contributed by atoms with Gasteiger partial charge in [-0.1, -0.05) is 52.9 Å². The van der Waals surface area contributed by atoms with Gasteiger partial charge in [-0.2, -0.15) is 0 Å². The topological polar surface area (TPSA) is 103 Å². The highest BCUT2D eigenvalue weighted by atomic mass is 127. The molecule has 0 aliphatic carbocycles. The van der Waals surface area contributed by atoms with Gasteiger partial charge < -0.3 is 47.7 Å². The first kappa shape index (κ1) is 36.3. The lowest BCUT2D eigenvalue weighted by molar-refractivity contribution is -0.373. The van der Waals surface area contributed by atoms with Gasteiger partial charge in [0.15, 0.2) is 0 Å². The summed E-state index contributed by atoms with van der Waals surface area (Å²) in [5, 5.41) is 11.3. The number of hydrogen-bond donors (Lipinski definition) is 1. The molecule has 47 heavy (non-hydrogen) atoms. The fraction of sp³-hybridized carbons (Fsp3) is 0.833. The number of alkyl halides is 1. The molecule has 1 aromatic rings. The molecule has 1 N–H and O–H groups in total. The van der Waals surface area contributed by atoms with Crippen molar-refractivity contribution in [2.24, 2.45) is 0 Å². The highest BCUT2D eigenvalue weighted by Gasteiger charge is 2.48. The Balaban J connectivity index is 0.919. The number of hydrogen-bond acceptors (Lipinski definition) is 10. The van der Waals surface area contributed by atoms with Crippen molar-refractivity contribution in [3.05, 3.63) is 35.9 Å². The van der Waals surface area contributed by atoms with Gasteiger partial charge >= 0.3 is 0 Å². The summed E-state index contributed by atoms with van der Waals surface area (Å²) in [4.78, 5) is 0. The number of ether oxygens (including phenoxy) is 9. The highest BCUT2D eigenvalue weighted by Crippen LogP contribution is 2.41. The zero-order valence-corrected chi connectivity index (χ0v) is 30.0. The van der Waals surface area contributed by atoms with Crippen molar-refractivity contribution in [1.29, 1.82) is 0 Å². The average Bonchev–Trinajstić information content (AvgIpc) is 3.88. The summed E-state index contributed by atoms with van der Waals surface area (Å²) in [5.74, 6) is -0.866. The molecule has 2 unspecified atom stereocenters. The van der Waals surface area contributed by atoms with Gasteiger partial charge in [-0.05, 0) is 76.2 Å². The first-order valence-corrected chi connectivity index (χ1v) is 19.2. The minimum absolute atomic E-state index is 0.00245. The number of benzene rings is 1. The fourth-order valence-electron chi connectivity index (χ4n) is 7.86. The Labute approximate surface area is 293 Å².